The molecule has 4 heteroatoms. The van der Waals surface area contributed by atoms with Crippen LogP contribution in [-0.2, 0) is 4.79 Å². The van der Waals surface area contributed by atoms with Crippen LogP contribution in [-0.4, -0.2) is 43.2 Å². The second-order valence-corrected chi connectivity index (χ2v) is 6.32. The first kappa shape index (κ1) is 15.8. The third-order valence-corrected chi connectivity index (χ3v) is 4.95. The molecule has 1 fully saturated rings. The topological polar surface area (TPSA) is 43.8 Å². The number of carbonyl (C=O) groups is 1. The van der Waals surface area contributed by atoms with E-state index < -0.39 is 11.4 Å². The molecule has 0 spiro atoms. The number of benzene rings is 1. The van der Waals surface area contributed by atoms with Crippen molar-refractivity contribution in [1.29, 1.82) is 0 Å². The maximum Gasteiger partial charge on any atom is 0.310 e. The summed E-state index contributed by atoms with van der Waals surface area (Å²) in [6.07, 6.45) is 1.45. The predicted molar refractivity (Wildman–Crippen MR) is 85.7 cm³/mol. The van der Waals surface area contributed by atoms with Gasteiger partial charge in [0.2, 0.25) is 0 Å². The Bertz CT molecular complexity index is 498. The Morgan fingerprint density at radius 1 is 1.38 bits per heavy atom. The van der Waals surface area contributed by atoms with E-state index in [4.69, 9.17) is 0 Å². The van der Waals surface area contributed by atoms with Crippen LogP contribution in [0, 0.1) is 5.41 Å². The second-order valence-electron chi connectivity index (χ2n) is 6.32. The first-order valence-corrected chi connectivity index (χ1v) is 7.64. The van der Waals surface area contributed by atoms with Gasteiger partial charge >= 0.3 is 5.97 Å². The highest BCUT2D eigenvalue weighted by Crippen LogP contribution is 2.38. The van der Waals surface area contributed by atoms with Crippen molar-refractivity contribution in [2.75, 3.05) is 32.1 Å². The fraction of sp³-hybridized carbons (Fsp3) is 0.588. The molecule has 1 saturated heterocycles. The van der Waals surface area contributed by atoms with Crippen LogP contribution in [0.15, 0.2) is 24.3 Å². The molecule has 0 radical (unpaired) electrons. The zero-order valence-electron chi connectivity index (χ0n) is 13.5. The number of likely N-dealkylation sites (tertiary alicyclic amines) is 1. The van der Waals surface area contributed by atoms with Gasteiger partial charge < -0.3 is 10.0 Å². The quantitative estimate of drug-likeness (QED) is 0.905. The zero-order chi connectivity index (χ0) is 15.6. The molecular weight excluding hydrogens is 264 g/mol. The number of hydrogen-bond acceptors (Lipinski definition) is 3. The predicted octanol–water partition coefficient (Wildman–Crippen LogP) is 3.00. The molecule has 0 saturated carbocycles. The lowest BCUT2D eigenvalue weighted by atomic mass is 9.84. The van der Waals surface area contributed by atoms with E-state index in [1.807, 2.05) is 21.0 Å². The summed E-state index contributed by atoms with van der Waals surface area (Å²) in [5, 5.41) is 9.50. The molecule has 1 heterocycles. The summed E-state index contributed by atoms with van der Waals surface area (Å²) in [6, 6.07) is 8.78. The van der Waals surface area contributed by atoms with Crippen LogP contribution in [0.5, 0.6) is 0 Å². The maximum absolute atomic E-state index is 11.5. The number of hydrogen-bond donors (Lipinski definition) is 1. The molecule has 1 aromatic carbocycles. The number of nitrogens with zero attached hydrogens (tertiary/aromatic N) is 2. The van der Waals surface area contributed by atoms with Crippen LogP contribution < -0.4 is 4.90 Å². The molecule has 1 aliphatic heterocycles. The molecule has 1 aliphatic rings. The molecule has 21 heavy (non-hydrogen) atoms. The van der Waals surface area contributed by atoms with Crippen molar-refractivity contribution in [2.24, 2.45) is 5.41 Å². The Morgan fingerprint density at radius 2 is 2.00 bits per heavy atom. The van der Waals surface area contributed by atoms with E-state index in [9.17, 15) is 9.90 Å². The van der Waals surface area contributed by atoms with Crippen molar-refractivity contribution in [1.82, 2.24) is 4.90 Å². The van der Waals surface area contributed by atoms with Gasteiger partial charge in [0.1, 0.15) is 0 Å². The van der Waals surface area contributed by atoms with E-state index in [1.165, 1.54) is 11.3 Å². The van der Waals surface area contributed by atoms with E-state index in [0.717, 1.165) is 13.0 Å². The molecule has 4 nitrogen and oxygen atoms in total. The molecule has 0 amide bonds. The highest BCUT2D eigenvalue weighted by Gasteiger charge is 2.44. The Morgan fingerprint density at radius 3 is 2.43 bits per heavy atom. The monoisotopic (exact) mass is 290 g/mol. The average molecular weight is 290 g/mol. The Labute approximate surface area is 127 Å². The summed E-state index contributed by atoms with van der Waals surface area (Å²) in [5.74, 6) is -0.650. The number of aliphatic carboxylic acids is 1. The Hall–Kier alpha value is -1.55. The van der Waals surface area contributed by atoms with E-state index in [0.29, 0.717) is 13.0 Å². The van der Waals surface area contributed by atoms with E-state index >= 15 is 0 Å². The van der Waals surface area contributed by atoms with E-state index in [2.05, 4.69) is 41.0 Å². The summed E-state index contributed by atoms with van der Waals surface area (Å²) in [6.45, 7) is 5.65. The molecule has 2 unspecified atom stereocenters. The van der Waals surface area contributed by atoms with Gasteiger partial charge in [-0.3, -0.25) is 9.69 Å². The third kappa shape index (κ3) is 3.05. The van der Waals surface area contributed by atoms with Gasteiger partial charge in [-0.1, -0.05) is 19.1 Å². The molecule has 1 aromatic rings. The van der Waals surface area contributed by atoms with Gasteiger partial charge in [0.05, 0.1) is 5.41 Å². The van der Waals surface area contributed by atoms with Gasteiger partial charge in [0, 0.05) is 32.4 Å². The number of carboxylic acids is 1. The summed E-state index contributed by atoms with van der Waals surface area (Å²) >= 11 is 0. The normalized spacial score (nSPS) is 24.0. The fourth-order valence-electron chi connectivity index (χ4n) is 3.11. The third-order valence-electron chi connectivity index (χ3n) is 4.95. The van der Waals surface area contributed by atoms with Crippen LogP contribution >= 0.6 is 0 Å². The van der Waals surface area contributed by atoms with Gasteiger partial charge in [-0.25, -0.2) is 0 Å². The Kier molecular flexibility index (Phi) is 4.57. The number of carboxylic acid groups (broad SMARTS) is 1. The van der Waals surface area contributed by atoms with E-state index in [1.54, 1.807) is 0 Å². The summed E-state index contributed by atoms with van der Waals surface area (Å²) in [4.78, 5) is 15.9. The molecule has 2 atom stereocenters. The Balaban J connectivity index is 2.11. The lowest BCUT2D eigenvalue weighted by molar-refractivity contribution is -0.148. The SMILES string of the molecule is CCC1(C(=O)O)CCN(C(C)c2ccc(N(C)C)cc2)C1. The maximum atomic E-state index is 11.5. The molecule has 0 aromatic heterocycles. The highest BCUT2D eigenvalue weighted by atomic mass is 16.4. The average Bonchev–Trinajstić information content (AvgIpc) is 2.92. The van der Waals surface area contributed by atoms with Crippen LogP contribution in [0.25, 0.3) is 0 Å². The van der Waals surface area contributed by atoms with Gasteiger partial charge in [-0.2, -0.15) is 0 Å². The van der Waals surface area contributed by atoms with Crippen molar-refractivity contribution in [3.05, 3.63) is 29.8 Å². The minimum atomic E-state index is -0.650. The van der Waals surface area contributed by atoms with Crippen molar-refractivity contribution < 1.29 is 9.90 Å². The summed E-state index contributed by atoms with van der Waals surface area (Å²) in [5.41, 5.74) is 1.87. The lowest BCUT2D eigenvalue weighted by Crippen LogP contribution is -2.35. The van der Waals surface area contributed by atoms with Crippen LogP contribution in [0.4, 0.5) is 5.69 Å². The van der Waals surface area contributed by atoms with Crippen molar-refractivity contribution in [3.63, 3.8) is 0 Å². The van der Waals surface area contributed by atoms with Crippen LogP contribution in [0.2, 0.25) is 0 Å². The van der Waals surface area contributed by atoms with Gasteiger partial charge in [-0.15, -0.1) is 0 Å². The molecule has 1 N–H and O–H groups in total. The minimum absolute atomic E-state index is 0.258. The van der Waals surface area contributed by atoms with Gasteiger partial charge in [-0.05, 0) is 44.0 Å². The van der Waals surface area contributed by atoms with Gasteiger partial charge in [0.15, 0.2) is 0 Å². The number of anilines is 1. The van der Waals surface area contributed by atoms with Crippen molar-refractivity contribution in [2.45, 2.75) is 32.7 Å². The standard InChI is InChI=1S/C17H26N2O2/c1-5-17(16(20)21)10-11-19(12-17)13(2)14-6-8-15(9-7-14)18(3)4/h6-9,13H,5,10-12H2,1-4H3,(H,20,21). The highest BCUT2D eigenvalue weighted by molar-refractivity contribution is 5.75. The first-order chi connectivity index (χ1) is 9.89. The zero-order valence-corrected chi connectivity index (χ0v) is 13.5. The van der Waals surface area contributed by atoms with Crippen LogP contribution in [0.1, 0.15) is 38.3 Å². The molecular formula is C17H26N2O2. The molecule has 116 valence electrons. The minimum Gasteiger partial charge on any atom is -0.481 e. The number of rotatable bonds is 5. The first-order valence-electron chi connectivity index (χ1n) is 7.64. The molecule has 0 aliphatic carbocycles. The fourth-order valence-corrected chi connectivity index (χ4v) is 3.11. The smallest absolute Gasteiger partial charge is 0.310 e. The van der Waals surface area contributed by atoms with Gasteiger partial charge in [0.25, 0.3) is 0 Å². The van der Waals surface area contributed by atoms with Crippen molar-refractivity contribution >= 4 is 11.7 Å². The largest absolute Gasteiger partial charge is 0.481 e. The van der Waals surface area contributed by atoms with Crippen LogP contribution in [0.3, 0.4) is 0 Å². The molecule has 0 bridgehead atoms. The molecule has 2 rings (SSSR count). The summed E-state index contributed by atoms with van der Waals surface area (Å²) < 4.78 is 0. The van der Waals surface area contributed by atoms with E-state index in [-0.39, 0.29) is 6.04 Å². The summed E-state index contributed by atoms with van der Waals surface area (Å²) in [7, 11) is 4.06. The lowest BCUT2D eigenvalue weighted by Gasteiger charge is -2.28. The van der Waals surface area contributed by atoms with Crippen molar-refractivity contribution in [3.8, 4) is 0 Å². The second kappa shape index (κ2) is 6.06.